The number of nitrogens with two attached hydrogens (primary N) is 1. The summed E-state index contributed by atoms with van der Waals surface area (Å²) in [7, 11) is 0. The minimum atomic E-state index is -0.546. The number of halogens is 2. The lowest BCUT2D eigenvalue weighted by atomic mass is 10.2. The molecule has 1 heterocycles. The van der Waals surface area contributed by atoms with Crippen LogP contribution >= 0.6 is 22.9 Å². The third-order valence-electron chi connectivity index (χ3n) is 2.35. The lowest BCUT2D eigenvalue weighted by Crippen LogP contribution is -1.98. The highest BCUT2D eigenvalue weighted by Crippen LogP contribution is 2.26. The second-order valence-corrected chi connectivity index (χ2v) is 5.01. The second-order valence-electron chi connectivity index (χ2n) is 3.60. The molecule has 0 aliphatic rings. The third-order valence-corrected chi connectivity index (χ3v) is 3.53. The van der Waals surface area contributed by atoms with E-state index in [1.807, 2.05) is 11.4 Å². The van der Waals surface area contributed by atoms with E-state index in [0.29, 0.717) is 6.54 Å². The number of thiophene rings is 1. The molecule has 0 atom stereocenters. The summed E-state index contributed by atoms with van der Waals surface area (Å²) in [5.74, 6) is 5.33. The van der Waals surface area contributed by atoms with Crippen molar-refractivity contribution in [2.75, 3.05) is 6.54 Å². The lowest BCUT2D eigenvalue weighted by molar-refractivity contribution is 0.293. The topological polar surface area (TPSA) is 35.2 Å². The monoisotopic (exact) mass is 295 g/mol. The Labute approximate surface area is 120 Å². The van der Waals surface area contributed by atoms with Crippen molar-refractivity contribution in [3.8, 4) is 17.6 Å². The van der Waals surface area contributed by atoms with E-state index < -0.39 is 5.82 Å². The minimum Gasteiger partial charge on any atom is -0.485 e. The first-order chi connectivity index (χ1) is 9.22. The van der Waals surface area contributed by atoms with Gasteiger partial charge in [-0.2, -0.15) is 0 Å². The Balaban J connectivity index is 2.11. The zero-order chi connectivity index (χ0) is 13.7. The van der Waals surface area contributed by atoms with Crippen molar-refractivity contribution in [3.05, 3.63) is 50.9 Å². The maximum atomic E-state index is 13.6. The van der Waals surface area contributed by atoms with Crippen LogP contribution in [0.3, 0.4) is 0 Å². The first-order valence-corrected chi connectivity index (χ1v) is 6.80. The maximum absolute atomic E-state index is 13.6. The zero-order valence-electron chi connectivity index (χ0n) is 9.95. The van der Waals surface area contributed by atoms with Gasteiger partial charge in [0.1, 0.15) is 6.61 Å². The van der Waals surface area contributed by atoms with E-state index >= 15 is 0 Å². The molecular formula is C14H11ClFNOS. The summed E-state index contributed by atoms with van der Waals surface area (Å²) in [6.07, 6.45) is 0. The first kappa shape index (κ1) is 13.9. The Kier molecular flexibility index (Phi) is 4.80. The summed E-state index contributed by atoms with van der Waals surface area (Å²) in [4.78, 5) is 0.931. The van der Waals surface area contributed by atoms with Crippen molar-refractivity contribution in [2.45, 2.75) is 6.61 Å². The molecule has 0 saturated heterocycles. The Morgan fingerprint density at radius 3 is 3.00 bits per heavy atom. The molecule has 0 unspecified atom stereocenters. The zero-order valence-corrected chi connectivity index (χ0v) is 11.5. The third kappa shape index (κ3) is 3.48. The van der Waals surface area contributed by atoms with Crippen molar-refractivity contribution in [1.82, 2.24) is 0 Å². The number of hydrogen-bond acceptors (Lipinski definition) is 3. The Morgan fingerprint density at radius 1 is 1.37 bits per heavy atom. The molecule has 2 nitrogen and oxygen atoms in total. The second kappa shape index (κ2) is 6.58. The van der Waals surface area contributed by atoms with Crippen molar-refractivity contribution < 1.29 is 9.13 Å². The molecule has 1 aromatic heterocycles. The highest BCUT2D eigenvalue weighted by molar-refractivity contribution is 7.10. The van der Waals surface area contributed by atoms with Crippen LogP contribution in [-0.2, 0) is 6.61 Å². The van der Waals surface area contributed by atoms with Gasteiger partial charge in [0.05, 0.1) is 16.4 Å². The summed E-state index contributed by atoms with van der Waals surface area (Å²) in [6, 6.07) is 6.55. The maximum Gasteiger partial charge on any atom is 0.183 e. The molecule has 0 amide bonds. The van der Waals surface area contributed by atoms with Crippen LogP contribution in [0.25, 0.3) is 0 Å². The highest BCUT2D eigenvalue weighted by Gasteiger charge is 2.09. The van der Waals surface area contributed by atoms with Crippen LogP contribution in [0.1, 0.15) is 10.4 Å². The van der Waals surface area contributed by atoms with E-state index in [1.165, 1.54) is 17.4 Å². The van der Waals surface area contributed by atoms with Gasteiger partial charge >= 0.3 is 0 Å². The van der Waals surface area contributed by atoms with Crippen LogP contribution in [0.5, 0.6) is 5.75 Å². The van der Waals surface area contributed by atoms with Gasteiger partial charge in [-0.1, -0.05) is 29.5 Å². The largest absolute Gasteiger partial charge is 0.485 e. The van der Waals surface area contributed by atoms with Crippen molar-refractivity contribution in [2.24, 2.45) is 5.73 Å². The van der Waals surface area contributed by atoms with E-state index in [9.17, 15) is 4.39 Å². The van der Waals surface area contributed by atoms with Crippen LogP contribution in [0.15, 0.2) is 29.6 Å². The van der Waals surface area contributed by atoms with Crippen LogP contribution in [0.2, 0.25) is 5.02 Å². The number of rotatable bonds is 3. The van der Waals surface area contributed by atoms with Gasteiger partial charge in [-0.05, 0) is 23.6 Å². The number of benzene rings is 1. The fraction of sp³-hybridized carbons (Fsp3) is 0.143. The van der Waals surface area contributed by atoms with Crippen molar-refractivity contribution >= 4 is 22.9 Å². The van der Waals surface area contributed by atoms with E-state index in [4.69, 9.17) is 22.1 Å². The van der Waals surface area contributed by atoms with Crippen LogP contribution in [0.4, 0.5) is 4.39 Å². The Bertz CT molecular complexity index is 630. The van der Waals surface area contributed by atoms with Gasteiger partial charge in [-0.15, -0.1) is 11.3 Å². The molecule has 98 valence electrons. The van der Waals surface area contributed by atoms with Crippen molar-refractivity contribution in [1.29, 1.82) is 0 Å². The van der Waals surface area contributed by atoms with Gasteiger partial charge in [0.25, 0.3) is 0 Å². The summed E-state index contributed by atoms with van der Waals surface area (Å²) in [5, 5.41) is 1.96. The molecule has 0 bridgehead atoms. The van der Waals surface area contributed by atoms with E-state index in [2.05, 4.69) is 11.8 Å². The summed E-state index contributed by atoms with van der Waals surface area (Å²) < 4.78 is 19.1. The number of ether oxygens (including phenoxy) is 1. The van der Waals surface area contributed by atoms with E-state index in [-0.39, 0.29) is 17.4 Å². The molecule has 19 heavy (non-hydrogen) atoms. The predicted octanol–water partition coefficient (Wildman–Crippen LogP) is 3.43. The smallest absolute Gasteiger partial charge is 0.183 e. The standard InChI is InChI=1S/C14H11ClFNOS/c15-11-4-1-5-12(14(11)16)18-9-13-10(3-2-7-17)6-8-19-13/h1,4-6,8H,7,9,17H2. The predicted molar refractivity (Wildman–Crippen MR) is 76.0 cm³/mol. The SMILES string of the molecule is NCC#Cc1ccsc1COc1cccc(Cl)c1F. The Hall–Kier alpha value is -1.54. The molecule has 0 radical (unpaired) electrons. The van der Waals surface area contributed by atoms with Crippen LogP contribution < -0.4 is 10.5 Å². The molecule has 0 spiro atoms. The molecule has 0 fully saturated rings. The summed E-state index contributed by atoms with van der Waals surface area (Å²) >= 11 is 7.19. The minimum absolute atomic E-state index is 0.0480. The van der Waals surface area contributed by atoms with Gasteiger partial charge in [0.15, 0.2) is 11.6 Å². The molecule has 2 aromatic rings. The molecule has 5 heteroatoms. The molecule has 1 aromatic carbocycles. The van der Waals surface area contributed by atoms with Crippen LogP contribution in [0, 0.1) is 17.7 Å². The van der Waals surface area contributed by atoms with Crippen molar-refractivity contribution in [3.63, 3.8) is 0 Å². The molecule has 0 aliphatic heterocycles. The van der Waals surface area contributed by atoms with Gasteiger partial charge in [0, 0.05) is 5.56 Å². The molecular weight excluding hydrogens is 285 g/mol. The van der Waals surface area contributed by atoms with Gasteiger partial charge in [-0.3, -0.25) is 0 Å². The molecule has 0 aliphatic carbocycles. The quantitative estimate of drug-likeness (QED) is 0.881. The average molecular weight is 296 g/mol. The summed E-state index contributed by atoms with van der Waals surface area (Å²) in [5.41, 5.74) is 6.19. The van der Waals surface area contributed by atoms with E-state index in [1.54, 1.807) is 12.1 Å². The normalized spacial score (nSPS) is 9.84. The first-order valence-electron chi connectivity index (χ1n) is 5.54. The van der Waals surface area contributed by atoms with Gasteiger partial charge in [-0.25, -0.2) is 4.39 Å². The van der Waals surface area contributed by atoms with Crippen LogP contribution in [-0.4, -0.2) is 6.54 Å². The highest BCUT2D eigenvalue weighted by atomic mass is 35.5. The average Bonchev–Trinajstić information content (AvgIpc) is 2.85. The van der Waals surface area contributed by atoms with Gasteiger partial charge in [0.2, 0.25) is 0 Å². The molecule has 2 rings (SSSR count). The van der Waals surface area contributed by atoms with Gasteiger partial charge < -0.3 is 10.5 Å². The molecule has 0 saturated carbocycles. The van der Waals surface area contributed by atoms with E-state index in [0.717, 1.165) is 10.4 Å². The lowest BCUT2D eigenvalue weighted by Gasteiger charge is -2.07. The Morgan fingerprint density at radius 2 is 2.21 bits per heavy atom. The summed E-state index contributed by atoms with van der Waals surface area (Å²) in [6.45, 7) is 0.558. The molecule has 2 N–H and O–H groups in total. The fourth-order valence-electron chi connectivity index (χ4n) is 1.45. The number of hydrogen-bond donors (Lipinski definition) is 1. The fourth-order valence-corrected chi connectivity index (χ4v) is 2.36.